The summed E-state index contributed by atoms with van der Waals surface area (Å²) in [6, 6.07) is 20.3. The second kappa shape index (κ2) is 8.34. The average molecular weight is 436 g/mol. The minimum Gasteiger partial charge on any atom is -0.462 e. The van der Waals surface area contributed by atoms with Crippen LogP contribution in [0.3, 0.4) is 0 Å². The number of aromatic nitrogens is 2. The van der Waals surface area contributed by atoms with Crippen molar-refractivity contribution in [3.8, 4) is 10.4 Å². The third-order valence-corrected chi connectivity index (χ3v) is 6.23. The molecule has 0 saturated carbocycles. The molecule has 5 rings (SSSR count). The zero-order chi connectivity index (χ0) is 20.3. The average Bonchev–Trinajstić information content (AvgIpc) is 3.44. The summed E-state index contributed by atoms with van der Waals surface area (Å²) in [6.07, 6.45) is 3.29. The third-order valence-electron chi connectivity index (χ3n) is 4.81. The van der Waals surface area contributed by atoms with Crippen LogP contribution in [0.4, 0.5) is 5.82 Å². The van der Waals surface area contributed by atoms with Crippen LogP contribution in [-0.4, -0.2) is 23.3 Å². The van der Waals surface area contributed by atoms with Gasteiger partial charge in [-0.15, -0.1) is 11.3 Å². The van der Waals surface area contributed by atoms with Gasteiger partial charge in [-0.3, -0.25) is 0 Å². The highest BCUT2D eigenvalue weighted by Crippen LogP contribution is 2.37. The molecule has 30 heavy (non-hydrogen) atoms. The normalized spacial score (nSPS) is 13.0. The molecular formula is C23H18ClN3O2S. The summed E-state index contributed by atoms with van der Waals surface area (Å²) in [5.74, 6) is 1.66. The number of benzene rings is 2. The lowest BCUT2D eigenvalue weighted by Gasteiger charge is -2.24. The molecular weight excluding hydrogens is 418 g/mol. The molecule has 0 unspecified atom stereocenters. The Bertz CT molecular complexity index is 1190. The zero-order valence-electron chi connectivity index (χ0n) is 16.0. The van der Waals surface area contributed by atoms with E-state index in [9.17, 15) is 0 Å². The smallest absolute Gasteiger partial charge is 0.229 e. The number of rotatable bonds is 6. The van der Waals surface area contributed by atoms with Crippen LogP contribution in [-0.2, 0) is 16.0 Å². The van der Waals surface area contributed by atoms with Gasteiger partial charge in [0.15, 0.2) is 11.6 Å². The molecule has 1 aliphatic rings. The SMILES string of the molecule is Clc1ccc(-c2cc3ncnc(N(CC4=COCO4)Cc4ccccc4)c3s2)cc1. The second-order valence-corrected chi connectivity index (χ2v) is 8.37. The fraction of sp³-hybridized carbons (Fsp3) is 0.130. The number of ether oxygens (including phenoxy) is 2. The topological polar surface area (TPSA) is 47.5 Å². The monoisotopic (exact) mass is 435 g/mol. The zero-order valence-corrected chi connectivity index (χ0v) is 17.6. The van der Waals surface area contributed by atoms with E-state index in [1.807, 2.05) is 42.5 Å². The first-order valence-electron chi connectivity index (χ1n) is 9.49. The number of hydrogen-bond donors (Lipinski definition) is 0. The summed E-state index contributed by atoms with van der Waals surface area (Å²) in [5, 5.41) is 0.724. The van der Waals surface area contributed by atoms with Crippen LogP contribution in [0.5, 0.6) is 0 Å². The number of hydrogen-bond acceptors (Lipinski definition) is 6. The van der Waals surface area contributed by atoms with Crippen molar-refractivity contribution < 1.29 is 9.47 Å². The second-order valence-electron chi connectivity index (χ2n) is 6.88. The summed E-state index contributed by atoms with van der Waals surface area (Å²) < 4.78 is 11.9. The van der Waals surface area contributed by atoms with Gasteiger partial charge in [-0.2, -0.15) is 0 Å². The molecule has 4 aromatic rings. The van der Waals surface area contributed by atoms with Gasteiger partial charge in [-0.05, 0) is 29.3 Å². The molecule has 0 saturated heterocycles. The lowest BCUT2D eigenvalue weighted by Crippen LogP contribution is -2.26. The summed E-state index contributed by atoms with van der Waals surface area (Å²) in [6.45, 7) is 1.52. The van der Waals surface area contributed by atoms with Crippen LogP contribution in [0, 0.1) is 0 Å². The lowest BCUT2D eigenvalue weighted by atomic mass is 10.2. The van der Waals surface area contributed by atoms with Crippen molar-refractivity contribution in [1.29, 1.82) is 0 Å². The molecule has 0 radical (unpaired) electrons. The predicted octanol–water partition coefficient (Wildman–Crippen LogP) is 5.86. The van der Waals surface area contributed by atoms with Crippen molar-refractivity contribution >= 4 is 39.0 Å². The highest BCUT2D eigenvalue weighted by Gasteiger charge is 2.19. The van der Waals surface area contributed by atoms with Crippen molar-refractivity contribution in [2.75, 3.05) is 18.2 Å². The Morgan fingerprint density at radius 1 is 1.00 bits per heavy atom. The van der Waals surface area contributed by atoms with Crippen molar-refractivity contribution in [3.63, 3.8) is 0 Å². The molecule has 2 aromatic carbocycles. The van der Waals surface area contributed by atoms with Crippen LogP contribution in [0.2, 0.25) is 5.02 Å². The van der Waals surface area contributed by atoms with Crippen LogP contribution in [0.15, 0.2) is 79.0 Å². The van der Waals surface area contributed by atoms with E-state index in [4.69, 9.17) is 21.1 Å². The summed E-state index contributed by atoms with van der Waals surface area (Å²) in [5.41, 5.74) is 3.22. The van der Waals surface area contributed by atoms with Crippen LogP contribution >= 0.6 is 22.9 Å². The summed E-state index contributed by atoms with van der Waals surface area (Å²) >= 11 is 7.73. The predicted molar refractivity (Wildman–Crippen MR) is 120 cm³/mol. The van der Waals surface area contributed by atoms with Crippen molar-refractivity contribution in [1.82, 2.24) is 9.97 Å². The van der Waals surface area contributed by atoms with Gasteiger partial charge in [-0.25, -0.2) is 9.97 Å². The molecule has 7 heteroatoms. The van der Waals surface area contributed by atoms with E-state index >= 15 is 0 Å². The number of halogens is 1. The molecule has 0 spiro atoms. The Hall–Kier alpha value is -3.09. The lowest BCUT2D eigenvalue weighted by molar-refractivity contribution is 0.0797. The quantitative estimate of drug-likeness (QED) is 0.379. The molecule has 5 nitrogen and oxygen atoms in total. The number of thiophene rings is 1. The van der Waals surface area contributed by atoms with E-state index in [0.717, 1.165) is 37.3 Å². The van der Waals surface area contributed by atoms with Gasteiger partial charge < -0.3 is 14.4 Å². The van der Waals surface area contributed by atoms with Gasteiger partial charge >= 0.3 is 0 Å². The van der Waals surface area contributed by atoms with Gasteiger partial charge in [0.1, 0.15) is 12.6 Å². The fourth-order valence-electron chi connectivity index (χ4n) is 3.37. The van der Waals surface area contributed by atoms with Gasteiger partial charge in [-0.1, -0.05) is 54.1 Å². The fourth-order valence-corrected chi connectivity index (χ4v) is 4.63. The van der Waals surface area contributed by atoms with Crippen molar-refractivity contribution in [2.45, 2.75) is 6.54 Å². The van der Waals surface area contributed by atoms with E-state index in [-0.39, 0.29) is 6.79 Å². The van der Waals surface area contributed by atoms with E-state index in [1.54, 1.807) is 23.9 Å². The minimum absolute atomic E-state index is 0.257. The molecule has 150 valence electrons. The maximum absolute atomic E-state index is 6.05. The Balaban J connectivity index is 1.55. The molecule has 3 heterocycles. The van der Waals surface area contributed by atoms with Crippen molar-refractivity contribution in [3.05, 3.63) is 89.6 Å². The van der Waals surface area contributed by atoms with E-state index < -0.39 is 0 Å². The van der Waals surface area contributed by atoms with E-state index in [2.05, 4.69) is 33.1 Å². The number of anilines is 1. The van der Waals surface area contributed by atoms with Gasteiger partial charge in [0.2, 0.25) is 6.79 Å². The van der Waals surface area contributed by atoms with Crippen molar-refractivity contribution in [2.24, 2.45) is 0 Å². The molecule has 0 N–H and O–H groups in total. The first kappa shape index (κ1) is 18.9. The van der Waals surface area contributed by atoms with Gasteiger partial charge in [0, 0.05) is 16.4 Å². The Morgan fingerprint density at radius 3 is 2.60 bits per heavy atom. The van der Waals surface area contributed by atoms with Crippen LogP contribution < -0.4 is 4.90 Å². The maximum atomic E-state index is 6.05. The molecule has 2 aromatic heterocycles. The number of fused-ring (bicyclic) bond motifs is 1. The van der Waals surface area contributed by atoms with Gasteiger partial charge in [0.25, 0.3) is 0 Å². The Labute approximate surface area is 183 Å². The third kappa shape index (κ3) is 3.97. The standard InChI is InChI=1S/C23H18ClN3O2S/c24-18-8-6-17(7-9-18)21-10-20-22(30-21)23(26-14-25-20)27(12-19-13-28-15-29-19)11-16-4-2-1-3-5-16/h1-10,13-14H,11-12,15H2. The van der Waals surface area contributed by atoms with Crippen LogP contribution in [0.1, 0.15) is 5.56 Å². The highest BCUT2D eigenvalue weighted by molar-refractivity contribution is 7.22. The maximum Gasteiger partial charge on any atom is 0.229 e. The number of nitrogens with zero attached hydrogens (tertiary/aromatic N) is 3. The van der Waals surface area contributed by atoms with E-state index in [0.29, 0.717) is 13.1 Å². The summed E-state index contributed by atoms with van der Waals surface area (Å²) in [4.78, 5) is 12.5. The molecule has 0 aliphatic carbocycles. The first-order valence-corrected chi connectivity index (χ1v) is 10.7. The Kier molecular flexibility index (Phi) is 5.26. The molecule has 1 aliphatic heterocycles. The summed E-state index contributed by atoms with van der Waals surface area (Å²) in [7, 11) is 0. The molecule has 0 bridgehead atoms. The molecule has 0 fully saturated rings. The molecule has 0 atom stereocenters. The minimum atomic E-state index is 0.257. The van der Waals surface area contributed by atoms with E-state index in [1.165, 1.54) is 5.56 Å². The molecule has 0 amide bonds. The van der Waals surface area contributed by atoms with Gasteiger partial charge in [0.05, 0.1) is 16.8 Å². The largest absolute Gasteiger partial charge is 0.462 e. The first-order chi connectivity index (χ1) is 14.8. The Morgan fingerprint density at radius 2 is 1.83 bits per heavy atom. The highest BCUT2D eigenvalue weighted by atomic mass is 35.5. The van der Waals surface area contributed by atoms with Crippen LogP contribution in [0.25, 0.3) is 20.7 Å².